The summed E-state index contributed by atoms with van der Waals surface area (Å²) in [5, 5.41) is 31.5. The number of hydrogen-bond acceptors (Lipinski definition) is 7. The third kappa shape index (κ3) is 3.96. The number of anilines is 2. The standard InChI is InChI=1S/C15H16N6O2/c1-19-4-6-20(7-5-19)14-3-2-13(8-15(14)21(22)23)18-11-12(9-16)10-17/h2-3,8,11,18H,4-7H2,1H3. The van der Waals surface area contributed by atoms with Crippen molar-refractivity contribution in [2.24, 2.45) is 0 Å². The maximum absolute atomic E-state index is 11.4. The van der Waals surface area contributed by atoms with Gasteiger partial charge in [-0.2, -0.15) is 10.5 Å². The summed E-state index contributed by atoms with van der Waals surface area (Å²) in [5.41, 5.74) is 0.940. The zero-order valence-electron chi connectivity index (χ0n) is 12.7. The van der Waals surface area contributed by atoms with Crippen LogP contribution in [0.15, 0.2) is 30.0 Å². The van der Waals surface area contributed by atoms with Crippen molar-refractivity contribution in [3.8, 4) is 12.1 Å². The fourth-order valence-electron chi connectivity index (χ4n) is 2.32. The Morgan fingerprint density at radius 2 is 1.96 bits per heavy atom. The number of nitrogens with one attached hydrogen (secondary N) is 1. The van der Waals surface area contributed by atoms with E-state index in [-0.39, 0.29) is 11.3 Å². The lowest BCUT2D eigenvalue weighted by Crippen LogP contribution is -2.44. The molecule has 1 aliphatic heterocycles. The first-order valence-electron chi connectivity index (χ1n) is 7.04. The lowest BCUT2D eigenvalue weighted by atomic mass is 10.2. The predicted molar refractivity (Wildman–Crippen MR) is 85.7 cm³/mol. The van der Waals surface area contributed by atoms with Crippen LogP contribution in [0, 0.1) is 32.8 Å². The first-order chi connectivity index (χ1) is 11.0. The molecule has 1 aromatic rings. The van der Waals surface area contributed by atoms with Crippen molar-refractivity contribution in [1.82, 2.24) is 4.90 Å². The molecule has 0 aromatic heterocycles. The highest BCUT2D eigenvalue weighted by Crippen LogP contribution is 2.31. The molecule has 0 atom stereocenters. The van der Waals surface area contributed by atoms with Crippen LogP contribution in [0.2, 0.25) is 0 Å². The molecule has 0 radical (unpaired) electrons. The summed E-state index contributed by atoms with van der Waals surface area (Å²) in [6, 6.07) is 8.24. The summed E-state index contributed by atoms with van der Waals surface area (Å²) in [6.07, 6.45) is 1.23. The molecule has 8 nitrogen and oxygen atoms in total. The second kappa shape index (κ2) is 7.25. The molecule has 1 fully saturated rings. The van der Waals surface area contributed by atoms with Crippen molar-refractivity contribution in [3.63, 3.8) is 0 Å². The molecule has 0 saturated carbocycles. The maximum Gasteiger partial charge on any atom is 0.294 e. The number of likely N-dealkylation sites (N-methyl/N-ethyl adjacent to an activating group) is 1. The molecule has 0 amide bonds. The van der Waals surface area contributed by atoms with Crippen LogP contribution in [0.3, 0.4) is 0 Å². The summed E-state index contributed by atoms with van der Waals surface area (Å²) in [7, 11) is 2.02. The van der Waals surface area contributed by atoms with Crippen molar-refractivity contribution in [2.45, 2.75) is 0 Å². The van der Waals surface area contributed by atoms with Crippen molar-refractivity contribution < 1.29 is 4.92 Å². The van der Waals surface area contributed by atoms with E-state index in [1.807, 2.05) is 11.9 Å². The van der Waals surface area contributed by atoms with Gasteiger partial charge in [0, 0.05) is 44.1 Å². The van der Waals surface area contributed by atoms with E-state index in [0.717, 1.165) is 26.2 Å². The SMILES string of the molecule is CN1CCN(c2ccc(NC=C(C#N)C#N)cc2[N+](=O)[O-])CC1. The van der Waals surface area contributed by atoms with Gasteiger partial charge in [0.25, 0.3) is 5.69 Å². The van der Waals surface area contributed by atoms with E-state index in [1.165, 1.54) is 12.3 Å². The highest BCUT2D eigenvalue weighted by molar-refractivity contribution is 5.70. The number of allylic oxidation sites excluding steroid dienone is 1. The molecule has 0 bridgehead atoms. The van der Waals surface area contributed by atoms with Crippen molar-refractivity contribution in [1.29, 1.82) is 10.5 Å². The molecule has 2 rings (SSSR count). The zero-order valence-corrected chi connectivity index (χ0v) is 12.7. The van der Waals surface area contributed by atoms with Gasteiger partial charge in [-0.25, -0.2) is 0 Å². The minimum atomic E-state index is -0.419. The van der Waals surface area contributed by atoms with Crippen LogP contribution in [-0.4, -0.2) is 43.0 Å². The predicted octanol–water partition coefficient (Wildman–Crippen LogP) is 1.69. The van der Waals surface area contributed by atoms with Gasteiger partial charge in [0.2, 0.25) is 0 Å². The molecule has 0 aliphatic carbocycles. The van der Waals surface area contributed by atoms with E-state index in [2.05, 4.69) is 10.2 Å². The number of rotatable bonds is 4. The summed E-state index contributed by atoms with van der Waals surface area (Å²) < 4.78 is 0. The topological polar surface area (TPSA) is 109 Å². The fraction of sp³-hybridized carbons (Fsp3) is 0.333. The maximum atomic E-state index is 11.4. The minimum absolute atomic E-state index is 0.00317. The number of piperazine rings is 1. The van der Waals surface area contributed by atoms with Crippen LogP contribution >= 0.6 is 0 Å². The Morgan fingerprint density at radius 1 is 1.30 bits per heavy atom. The highest BCUT2D eigenvalue weighted by atomic mass is 16.6. The molecule has 1 aliphatic rings. The first kappa shape index (κ1) is 16.3. The third-order valence-corrected chi connectivity index (χ3v) is 3.64. The number of benzene rings is 1. The summed E-state index contributed by atoms with van der Waals surface area (Å²) in [6.45, 7) is 3.18. The van der Waals surface area contributed by atoms with Crippen LogP contribution in [0.25, 0.3) is 0 Å². The largest absolute Gasteiger partial charge is 0.363 e. The average Bonchev–Trinajstić information content (AvgIpc) is 2.56. The van der Waals surface area contributed by atoms with Gasteiger partial charge < -0.3 is 15.1 Å². The summed E-state index contributed by atoms with van der Waals surface area (Å²) >= 11 is 0. The Hall–Kier alpha value is -3.10. The number of nitriles is 2. The van der Waals surface area contributed by atoms with Gasteiger partial charge in [0.15, 0.2) is 0 Å². The molecular formula is C15H16N6O2. The molecular weight excluding hydrogens is 296 g/mol. The van der Waals surface area contributed by atoms with Crippen LogP contribution in [0.1, 0.15) is 0 Å². The zero-order chi connectivity index (χ0) is 16.8. The van der Waals surface area contributed by atoms with Crippen LogP contribution < -0.4 is 10.2 Å². The summed E-state index contributed by atoms with van der Waals surface area (Å²) in [5.74, 6) is 0. The van der Waals surface area contributed by atoms with E-state index in [0.29, 0.717) is 11.4 Å². The summed E-state index contributed by atoms with van der Waals surface area (Å²) in [4.78, 5) is 15.1. The van der Waals surface area contributed by atoms with Gasteiger partial charge in [-0.1, -0.05) is 0 Å². The first-order valence-corrected chi connectivity index (χ1v) is 7.04. The van der Waals surface area contributed by atoms with Crippen molar-refractivity contribution in [2.75, 3.05) is 43.4 Å². The van der Waals surface area contributed by atoms with Crippen molar-refractivity contribution in [3.05, 3.63) is 40.1 Å². The second-order valence-electron chi connectivity index (χ2n) is 5.18. The van der Waals surface area contributed by atoms with Crippen LogP contribution in [-0.2, 0) is 0 Å². The van der Waals surface area contributed by atoms with E-state index in [4.69, 9.17) is 10.5 Å². The van der Waals surface area contributed by atoms with E-state index in [9.17, 15) is 10.1 Å². The molecule has 8 heteroatoms. The van der Waals surface area contributed by atoms with Gasteiger partial charge in [0.1, 0.15) is 23.4 Å². The number of nitro groups is 1. The molecule has 0 unspecified atom stereocenters. The molecule has 1 N–H and O–H groups in total. The average molecular weight is 312 g/mol. The monoisotopic (exact) mass is 312 g/mol. The normalized spacial score (nSPS) is 14.5. The third-order valence-electron chi connectivity index (χ3n) is 3.64. The molecule has 118 valence electrons. The van der Waals surface area contributed by atoms with Gasteiger partial charge in [-0.3, -0.25) is 10.1 Å². The van der Waals surface area contributed by atoms with Crippen molar-refractivity contribution >= 4 is 17.1 Å². The second-order valence-corrected chi connectivity index (χ2v) is 5.18. The Labute approximate surface area is 134 Å². The van der Waals surface area contributed by atoms with E-state index in [1.54, 1.807) is 24.3 Å². The number of nitrogens with zero attached hydrogens (tertiary/aromatic N) is 5. The van der Waals surface area contributed by atoms with Crippen LogP contribution in [0.4, 0.5) is 17.1 Å². The Bertz CT molecular complexity index is 692. The van der Waals surface area contributed by atoms with Crippen LogP contribution in [0.5, 0.6) is 0 Å². The molecule has 0 spiro atoms. The Balaban J connectivity index is 2.25. The molecule has 1 saturated heterocycles. The lowest BCUT2D eigenvalue weighted by molar-refractivity contribution is -0.384. The lowest BCUT2D eigenvalue weighted by Gasteiger charge is -2.33. The fourth-order valence-corrected chi connectivity index (χ4v) is 2.32. The number of hydrogen-bond donors (Lipinski definition) is 1. The smallest absolute Gasteiger partial charge is 0.294 e. The minimum Gasteiger partial charge on any atom is -0.363 e. The Morgan fingerprint density at radius 3 is 2.52 bits per heavy atom. The number of nitro benzene ring substituents is 1. The van der Waals surface area contributed by atoms with Gasteiger partial charge >= 0.3 is 0 Å². The van der Waals surface area contributed by atoms with E-state index >= 15 is 0 Å². The Kier molecular flexibility index (Phi) is 5.13. The van der Waals surface area contributed by atoms with Gasteiger partial charge in [-0.05, 0) is 19.2 Å². The molecule has 23 heavy (non-hydrogen) atoms. The van der Waals surface area contributed by atoms with Gasteiger partial charge in [-0.15, -0.1) is 0 Å². The molecule has 1 aromatic carbocycles. The van der Waals surface area contributed by atoms with E-state index < -0.39 is 4.92 Å². The molecule has 1 heterocycles. The highest BCUT2D eigenvalue weighted by Gasteiger charge is 2.22. The van der Waals surface area contributed by atoms with Gasteiger partial charge in [0.05, 0.1) is 4.92 Å². The quantitative estimate of drug-likeness (QED) is 0.512.